The van der Waals surface area contributed by atoms with Crippen molar-refractivity contribution >= 4 is 23.4 Å². The van der Waals surface area contributed by atoms with E-state index in [0.717, 1.165) is 5.01 Å². The van der Waals surface area contributed by atoms with Crippen LogP contribution in [0.3, 0.4) is 0 Å². The van der Waals surface area contributed by atoms with Gasteiger partial charge in [-0.2, -0.15) is 0 Å². The van der Waals surface area contributed by atoms with Crippen LogP contribution in [-0.4, -0.2) is 17.6 Å². The van der Waals surface area contributed by atoms with Gasteiger partial charge in [-0.15, -0.1) is 11.3 Å². The second-order valence-electron chi connectivity index (χ2n) is 2.73. The summed E-state index contributed by atoms with van der Waals surface area (Å²) >= 11 is 1.57. The second-order valence-corrected chi connectivity index (χ2v) is 3.65. The molecule has 3 nitrogen and oxygen atoms in total. The molecular formula is C12H13NO2S. The number of allylic oxidation sites excluding steroid dienone is 4. The first-order chi connectivity index (χ1) is 7.83. The van der Waals surface area contributed by atoms with Crippen molar-refractivity contribution in [2.24, 2.45) is 0 Å². The lowest BCUT2D eigenvalue weighted by molar-refractivity contribution is -0.137. The summed E-state index contributed by atoms with van der Waals surface area (Å²) in [6.07, 6.45) is 12.2. The fourth-order valence-corrected chi connectivity index (χ4v) is 1.45. The van der Waals surface area contributed by atoms with Crippen molar-refractivity contribution in [3.05, 3.63) is 47.0 Å². The van der Waals surface area contributed by atoms with E-state index >= 15 is 0 Å². The number of hydrogen-bond donors (Lipinski definition) is 0. The maximum Gasteiger partial charge on any atom is 0.330 e. The molecule has 0 fully saturated rings. The number of aromatic nitrogens is 1. The van der Waals surface area contributed by atoms with Gasteiger partial charge >= 0.3 is 5.97 Å². The molecule has 0 aromatic carbocycles. The average molecular weight is 235 g/mol. The standard InChI is InChI=1S/C12H13NO2S/c1-2-15-12(14)8-6-4-3-5-7-11-13-9-10-16-11/h3-10H,2H2,1H3/b4-3+,7-5+,8-6+. The molecule has 0 bridgehead atoms. The van der Waals surface area contributed by atoms with E-state index in [1.54, 1.807) is 36.6 Å². The Morgan fingerprint density at radius 2 is 2.25 bits per heavy atom. The molecule has 0 aliphatic rings. The van der Waals surface area contributed by atoms with Gasteiger partial charge in [0.1, 0.15) is 5.01 Å². The summed E-state index contributed by atoms with van der Waals surface area (Å²) in [7, 11) is 0. The Hall–Kier alpha value is -1.68. The lowest BCUT2D eigenvalue weighted by Gasteiger charge is -1.92. The molecule has 0 amide bonds. The van der Waals surface area contributed by atoms with Gasteiger partial charge in [-0.1, -0.05) is 24.3 Å². The molecule has 1 heterocycles. The number of carbonyl (C=O) groups excluding carboxylic acids is 1. The molecule has 84 valence electrons. The maximum absolute atomic E-state index is 10.9. The molecule has 4 heteroatoms. The SMILES string of the molecule is CCOC(=O)/C=C/C=C/C=C/c1nccs1. The Labute approximate surface area is 98.8 Å². The molecule has 0 spiro atoms. The van der Waals surface area contributed by atoms with Crippen LogP contribution < -0.4 is 0 Å². The molecule has 0 atom stereocenters. The minimum Gasteiger partial charge on any atom is -0.463 e. The number of carbonyl (C=O) groups is 1. The maximum atomic E-state index is 10.9. The Morgan fingerprint density at radius 3 is 2.94 bits per heavy atom. The van der Waals surface area contributed by atoms with Crippen LogP contribution in [0.4, 0.5) is 0 Å². The van der Waals surface area contributed by atoms with Gasteiger partial charge in [-0.3, -0.25) is 0 Å². The van der Waals surface area contributed by atoms with E-state index in [0.29, 0.717) is 6.61 Å². The van der Waals surface area contributed by atoms with Crippen LogP contribution >= 0.6 is 11.3 Å². The van der Waals surface area contributed by atoms with Crippen LogP contribution in [0.15, 0.2) is 42.0 Å². The molecule has 0 saturated carbocycles. The first kappa shape index (κ1) is 12.4. The van der Waals surface area contributed by atoms with Crippen LogP contribution in [-0.2, 0) is 9.53 Å². The zero-order chi connectivity index (χ0) is 11.6. The summed E-state index contributed by atoms with van der Waals surface area (Å²) in [4.78, 5) is 15.0. The van der Waals surface area contributed by atoms with Crippen molar-refractivity contribution in [1.29, 1.82) is 0 Å². The molecule has 0 unspecified atom stereocenters. The Morgan fingerprint density at radius 1 is 1.44 bits per heavy atom. The number of hydrogen-bond acceptors (Lipinski definition) is 4. The summed E-state index contributed by atoms with van der Waals surface area (Å²) in [6.45, 7) is 2.18. The lowest BCUT2D eigenvalue weighted by atomic mass is 10.4. The monoisotopic (exact) mass is 235 g/mol. The number of thiazole rings is 1. The van der Waals surface area contributed by atoms with Gasteiger partial charge in [0.15, 0.2) is 0 Å². The van der Waals surface area contributed by atoms with Crippen LogP contribution in [0.2, 0.25) is 0 Å². The van der Waals surface area contributed by atoms with Crippen LogP contribution in [0.25, 0.3) is 6.08 Å². The van der Waals surface area contributed by atoms with Gasteiger partial charge in [0.05, 0.1) is 6.61 Å². The molecule has 0 N–H and O–H groups in total. The van der Waals surface area contributed by atoms with E-state index in [2.05, 4.69) is 4.98 Å². The fraction of sp³-hybridized carbons (Fsp3) is 0.167. The summed E-state index contributed by atoms with van der Waals surface area (Å²) in [5.74, 6) is -0.323. The number of rotatable bonds is 5. The van der Waals surface area contributed by atoms with Crippen molar-refractivity contribution < 1.29 is 9.53 Å². The van der Waals surface area contributed by atoms with Gasteiger partial charge in [0, 0.05) is 17.7 Å². The third kappa shape index (κ3) is 5.26. The van der Waals surface area contributed by atoms with Crippen molar-refractivity contribution in [1.82, 2.24) is 4.98 Å². The molecule has 16 heavy (non-hydrogen) atoms. The van der Waals surface area contributed by atoms with Gasteiger partial charge < -0.3 is 4.74 Å². The summed E-state index contributed by atoms with van der Waals surface area (Å²) in [5, 5.41) is 2.88. The predicted octanol–water partition coefficient (Wildman–Crippen LogP) is 2.83. The van der Waals surface area contributed by atoms with E-state index in [1.807, 2.05) is 23.6 Å². The average Bonchev–Trinajstić information content (AvgIpc) is 2.76. The fourth-order valence-electron chi connectivity index (χ4n) is 0.907. The van der Waals surface area contributed by atoms with Crippen LogP contribution in [0.5, 0.6) is 0 Å². The van der Waals surface area contributed by atoms with Gasteiger partial charge in [0.25, 0.3) is 0 Å². The smallest absolute Gasteiger partial charge is 0.330 e. The Balaban J connectivity index is 2.30. The zero-order valence-corrected chi connectivity index (χ0v) is 9.81. The molecule has 0 saturated heterocycles. The highest BCUT2D eigenvalue weighted by Crippen LogP contribution is 2.05. The quantitative estimate of drug-likeness (QED) is 0.447. The van der Waals surface area contributed by atoms with E-state index in [1.165, 1.54) is 6.08 Å². The first-order valence-electron chi connectivity index (χ1n) is 4.90. The predicted molar refractivity (Wildman–Crippen MR) is 66.1 cm³/mol. The van der Waals surface area contributed by atoms with Crippen LogP contribution in [0, 0.1) is 0 Å². The van der Waals surface area contributed by atoms with Crippen molar-refractivity contribution in [2.45, 2.75) is 6.92 Å². The highest BCUT2D eigenvalue weighted by atomic mass is 32.1. The van der Waals surface area contributed by atoms with E-state index in [4.69, 9.17) is 4.74 Å². The first-order valence-corrected chi connectivity index (χ1v) is 5.78. The zero-order valence-electron chi connectivity index (χ0n) is 9.00. The number of nitrogens with zero attached hydrogens (tertiary/aromatic N) is 1. The molecule has 1 rings (SSSR count). The number of ether oxygens (including phenoxy) is 1. The van der Waals surface area contributed by atoms with Gasteiger partial charge in [-0.25, -0.2) is 9.78 Å². The minimum absolute atomic E-state index is 0.323. The van der Waals surface area contributed by atoms with Gasteiger partial charge in [0.2, 0.25) is 0 Å². The molecule has 0 radical (unpaired) electrons. The summed E-state index contributed by atoms with van der Waals surface area (Å²) < 4.78 is 4.72. The summed E-state index contributed by atoms with van der Waals surface area (Å²) in [5.41, 5.74) is 0. The lowest BCUT2D eigenvalue weighted by Crippen LogP contribution is -1.98. The molecule has 1 aromatic rings. The molecular weight excluding hydrogens is 222 g/mol. The van der Waals surface area contributed by atoms with E-state index < -0.39 is 0 Å². The third-order valence-corrected chi connectivity index (χ3v) is 2.28. The van der Waals surface area contributed by atoms with Gasteiger partial charge in [-0.05, 0) is 13.0 Å². The van der Waals surface area contributed by atoms with Crippen molar-refractivity contribution in [2.75, 3.05) is 6.61 Å². The Kier molecular flexibility index (Phi) is 5.88. The molecule has 0 aliphatic heterocycles. The second kappa shape index (κ2) is 7.59. The van der Waals surface area contributed by atoms with Crippen molar-refractivity contribution in [3.63, 3.8) is 0 Å². The minimum atomic E-state index is -0.323. The molecule has 1 aromatic heterocycles. The largest absolute Gasteiger partial charge is 0.463 e. The summed E-state index contributed by atoms with van der Waals surface area (Å²) in [6, 6.07) is 0. The topological polar surface area (TPSA) is 39.2 Å². The van der Waals surface area contributed by atoms with Crippen molar-refractivity contribution in [3.8, 4) is 0 Å². The Bertz CT molecular complexity index is 391. The third-order valence-electron chi connectivity index (χ3n) is 1.54. The van der Waals surface area contributed by atoms with Crippen LogP contribution in [0.1, 0.15) is 11.9 Å². The van der Waals surface area contributed by atoms with E-state index in [9.17, 15) is 4.79 Å². The molecule has 0 aliphatic carbocycles. The normalized spacial score (nSPS) is 11.8. The highest BCUT2D eigenvalue weighted by Gasteiger charge is 1.89. The number of esters is 1. The highest BCUT2D eigenvalue weighted by molar-refractivity contribution is 7.10. The van der Waals surface area contributed by atoms with E-state index in [-0.39, 0.29) is 5.97 Å².